The largest absolute Gasteiger partial charge is 0.495 e. The van der Waals surface area contributed by atoms with Gasteiger partial charge in [0.1, 0.15) is 17.2 Å². The van der Waals surface area contributed by atoms with Gasteiger partial charge >= 0.3 is 0 Å². The third kappa shape index (κ3) is 5.98. The molecule has 0 amide bonds. The van der Waals surface area contributed by atoms with Gasteiger partial charge in [-0.05, 0) is 43.2 Å². The molecule has 5 heteroatoms. The minimum atomic E-state index is 0.881. The number of methoxy groups -OCH3 is 1. The Hall–Kier alpha value is -3.05. The number of hydrogen-bond donors (Lipinski definition) is 0. The number of aromatic nitrogens is 1. The first-order valence-electron chi connectivity index (χ1n) is 11.1. The number of rotatable bonds is 9. The van der Waals surface area contributed by atoms with Crippen LogP contribution in [0.15, 0.2) is 65.2 Å². The van der Waals surface area contributed by atoms with E-state index < -0.39 is 0 Å². The van der Waals surface area contributed by atoms with E-state index in [2.05, 4.69) is 45.3 Å². The highest BCUT2D eigenvalue weighted by Gasteiger charge is 2.19. The molecule has 5 nitrogen and oxygen atoms in total. The van der Waals surface area contributed by atoms with Gasteiger partial charge in [-0.2, -0.15) is 0 Å². The Morgan fingerprint density at radius 2 is 1.71 bits per heavy atom. The van der Waals surface area contributed by atoms with Crippen LogP contribution in [0.2, 0.25) is 0 Å². The Morgan fingerprint density at radius 1 is 0.935 bits per heavy atom. The van der Waals surface area contributed by atoms with E-state index in [1.165, 1.54) is 12.1 Å². The molecule has 1 fully saturated rings. The van der Waals surface area contributed by atoms with Crippen molar-refractivity contribution in [2.75, 3.05) is 44.7 Å². The van der Waals surface area contributed by atoms with E-state index in [0.717, 1.165) is 68.3 Å². The zero-order valence-electron chi connectivity index (χ0n) is 18.2. The first-order chi connectivity index (χ1) is 15.3. The topological polar surface area (TPSA) is 41.7 Å². The van der Waals surface area contributed by atoms with Crippen molar-refractivity contribution in [3.63, 3.8) is 0 Å². The van der Waals surface area contributed by atoms with Crippen LogP contribution in [0.1, 0.15) is 29.9 Å². The summed E-state index contributed by atoms with van der Waals surface area (Å²) in [5, 5.41) is 4.16. The standard InChI is InChI=1S/C26H31N3O2/c1-30-26-13-6-5-12-25(26)29-19-17-28(18-20-29)16-8-7-11-24-21-23(27-31-24)15-14-22-9-3-2-4-10-22/h2-6,9-10,12-15,21H,7-8,11,16-20H2,1H3/b15-14+. The normalized spacial score (nSPS) is 14.9. The highest BCUT2D eigenvalue weighted by Crippen LogP contribution is 2.28. The lowest BCUT2D eigenvalue weighted by atomic mass is 10.1. The Bertz CT molecular complexity index is 960. The van der Waals surface area contributed by atoms with E-state index in [9.17, 15) is 0 Å². The average molecular weight is 418 g/mol. The molecule has 3 aromatic rings. The minimum absolute atomic E-state index is 0.881. The van der Waals surface area contributed by atoms with Crippen molar-refractivity contribution in [3.8, 4) is 5.75 Å². The second-order valence-corrected chi connectivity index (χ2v) is 7.92. The van der Waals surface area contributed by atoms with Crippen LogP contribution in [0.25, 0.3) is 12.2 Å². The summed E-state index contributed by atoms with van der Waals surface area (Å²) in [6, 6.07) is 20.6. The van der Waals surface area contributed by atoms with Crippen molar-refractivity contribution in [2.45, 2.75) is 19.3 Å². The zero-order chi connectivity index (χ0) is 21.3. The second kappa shape index (κ2) is 10.8. The zero-order valence-corrected chi connectivity index (χ0v) is 18.2. The molecular formula is C26H31N3O2. The first-order valence-corrected chi connectivity index (χ1v) is 11.1. The van der Waals surface area contributed by atoms with E-state index >= 15 is 0 Å². The molecule has 162 valence electrons. The number of piperazine rings is 1. The van der Waals surface area contributed by atoms with Crippen molar-refractivity contribution in [1.82, 2.24) is 10.1 Å². The lowest BCUT2D eigenvalue weighted by molar-refractivity contribution is 0.251. The van der Waals surface area contributed by atoms with Gasteiger partial charge in [0.05, 0.1) is 12.8 Å². The summed E-state index contributed by atoms with van der Waals surface area (Å²) >= 11 is 0. The molecule has 1 aromatic heterocycles. The molecule has 0 unspecified atom stereocenters. The van der Waals surface area contributed by atoms with Gasteiger partial charge < -0.3 is 14.2 Å². The summed E-state index contributed by atoms with van der Waals surface area (Å²) in [5.41, 5.74) is 3.25. The van der Waals surface area contributed by atoms with E-state index in [-0.39, 0.29) is 0 Å². The van der Waals surface area contributed by atoms with Crippen LogP contribution in [-0.2, 0) is 6.42 Å². The van der Waals surface area contributed by atoms with Crippen LogP contribution >= 0.6 is 0 Å². The maximum absolute atomic E-state index is 5.51. The maximum atomic E-state index is 5.51. The smallest absolute Gasteiger partial charge is 0.142 e. The number of benzene rings is 2. The SMILES string of the molecule is COc1ccccc1N1CCN(CCCCc2cc(/C=C/c3ccccc3)no2)CC1. The third-order valence-electron chi connectivity index (χ3n) is 5.77. The number of para-hydroxylation sites is 2. The van der Waals surface area contributed by atoms with Crippen molar-refractivity contribution < 1.29 is 9.26 Å². The molecule has 2 heterocycles. The van der Waals surface area contributed by atoms with Crippen LogP contribution in [0.5, 0.6) is 5.75 Å². The summed E-state index contributed by atoms with van der Waals surface area (Å²) in [7, 11) is 1.74. The minimum Gasteiger partial charge on any atom is -0.495 e. The molecule has 4 rings (SSSR count). The number of ether oxygens (including phenoxy) is 1. The predicted molar refractivity (Wildman–Crippen MR) is 126 cm³/mol. The Balaban J connectivity index is 1.16. The Morgan fingerprint density at radius 3 is 2.52 bits per heavy atom. The fourth-order valence-corrected chi connectivity index (χ4v) is 4.01. The summed E-state index contributed by atoms with van der Waals surface area (Å²) in [4.78, 5) is 4.98. The van der Waals surface area contributed by atoms with Gasteiger partial charge in [-0.15, -0.1) is 0 Å². The molecule has 0 atom stereocenters. The van der Waals surface area contributed by atoms with Crippen LogP contribution in [-0.4, -0.2) is 49.9 Å². The van der Waals surface area contributed by atoms with E-state index in [1.807, 2.05) is 42.5 Å². The summed E-state index contributed by atoms with van der Waals surface area (Å²) in [6.45, 7) is 5.40. The Labute approximate surface area is 184 Å². The highest BCUT2D eigenvalue weighted by molar-refractivity contribution is 5.67. The van der Waals surface area contributed by atoms with Gasteiger partial charge in [-0.1, -0.05) is 53.7 Å². The Kier molecular flexibility index (Phi) is 7.40. The van der Waals surface area contributed by atoms with E-state index in [1.54, 1.807) is 7.11 Å². The third-order valence-corrected chi connectivity index (χ3v) is 5.77. The average Bonchev–Trinajstić information content (AvgIpc) is 3.29. The molecule has 0 spiro atoms. The number of unbranched alkanes of at least 4 members (excludes halogenated alkanes) is 1. The van der Waals surface area contributed by atoms with Crippen molar-refractivity contribution in [1.29, 1.82) is 0 Å². The molecule has 0 bridgehead atoms. The monoisotopic (exact) mass is 417 g/mol. The molecule has 2 aromatic carbocycles. The molecule has 1 aliphatic heterocycles. The predicted octanol–water partition coefficient (Wildman–Crippen LogP) is 5.00. The summed E-state index contributed by atoms with van der Waals surface area (Å²) < 4.78 is 11.0. The maximum Gasteiger partial charge on any atom is 0.142 e. The van der Waals surface area contributed by atoms with Crippen LogP contribution in [0.3, 0.4) is 0 Å². The van der Waals surface area contributed by atoms with Gasteiger partial charge in [-0.3, -0.25) is 4.90 Å². The molecule has 0 saturated carbocycles. The van der Waals surface area contributed by atoms with Gasteiger partial charge in [0.25, 0.3) is 0 Å². The number of hydrogen-bond acceptors (Lipinski definition) is 5. The van der Waals surface area contributed by atoms with Crippen molar-refractivity contribution >= 4 is 17.8 Å². The number of anilines is 1. The van der Waals surface area contributed by atoms with Gasteiger partial charge in [-0.25, -0.2) is 0 Å². The lowest BCUT2D eigenvalue weighted by Gasteiger charge is -2.36. The molecule has 0 radical (unpaired) electrons. The fraction of sp³-hybridized carbons (Fsp3) is 0.346. The van der Waals surface area contributed by atoms with Crippen molar-refractivity contribution in [3.05, 3.63) is 77.7 Å². The van der Waals surface area contributed by atoms with Gasteiger partial charge in [0.15, 0.2) is 0 Å². The fourth-order valence-electron chi connectivity index (χ4n) is 4.01. The van der Waals surface area contributed by atoms with E-state index in [0.29, 0.717) is 0 Å². The van der Waals surface area contributed by atoms with Crippen LogP contribution in [0, 0.1) is 0 Å². The lowest BCUT2D eigenvalue weighted by Crippen LogP contribution is -2.46. The molecule has 0 aliphatic carbocycles. The van der Waals surface area contributed by atoms with E-state index in [4.69, 9.17) is 9.26 Å². The van der Waals surface area contributed by atoms with Gasteiger partial charge in [0.2, 0.25) is 0 Å². The summed E-state index contributed by atoms with van der Waals surface area (Å²) in [6.07, 6.45) is 7.29. The van der Waals surface area contributed by atoms with Crippen molar-refractivity contribution in [2.24, 2.45) is 0 Å². The first kappa shape index (κ1) is 21.2. The molecular weight excluding hydrogens is 386 g/mol. The molecule has 0 N–H and O–H groups in total. The molecule has 1 saturated heterocycles. The second-order valence-electron chi connectivity index (χ2n) is 7.92. The highest BCUT2D eigenvalue weighted by atomic mass is 16.5. The van der Waals surface area contributed by atoms with Gasteiger partial charge in [0, 0.05) is 38.7 Å². The van der Waals surface area contributed by atoms with Crippen LogP contribution < -0.4 is 9.64 Å². The molecule has 1 aliphatic rings. The quantitative estimate of drug-likeness (QED) is 0.459. The summed E-state index contributed by atoms with van der Waals surface area (Å²) in [5.74, 6) is 1.93. The number of nitrogens with zero attached hydrogens (tertiary/aromatic N) is 3. The number of aryl methyl sites for hydroxylation is 1. The van der Waals surface area contributed by atoms with Crippen LogP contribution in [0.4, 0.5) is 5.69 Å². The molecule has 31 heavy (non-hydrogen) atoms.